The molecular weight excluding hydrogens is 342 g/mol. The van der Waals surface area contributed by atoms with E-state index in [1.54, 1.807) is 0 Å². The minimum absolute atomic E-state index is 0.0520. The minimum atomic E-state index is 0.0520. The van der Waals surface area contributed by atoms with Crippen LogP contribution in [0.3, 0.4) is 0 Å². The molecule has 0 bridgehead atoms. The van der Waals surface area contributed by atoms with Gasteiger partial charge in [0.05, 0.1) is 0 Å². The molecule has 1 aliphatic rings. The van der Waals surface area contributed by atoms with Gasteiger partial charge < -0.3 is 4.42 Å². The van der Waals surface area contributed by atoms with Crippen molar-refractivity contribution in [1.82, 2.24) is 4.98 Å². The second-order valence-corrected chi connectivity index (χ2v) is 9.82. The first-order chi connectivity index (χ1) is 13.3. The molecule has 0 aliphatic heterocycles. The van der Waals surface area contributed by atoms with Crippen LogP contribution in [0.25, 0.3) is 33.0 Å². The summed E-state index contributed by atoms with van der Waals surface area (Å²) in [5.74, 6) is 1.15. The molecule has 0 saturated carbocycles. The highest BCUT2D eigenvalue weighted by Gasteiger charge is 2.36. The Kier molecular flexibility index (Phi) is 3.56. The third-order valence-corrected chi connectivity index (χ3v) is 6.27. The van der Waals surface area contributed by atoms with E-state index in [0.29, 0.717) is 0 Å². The van der Waals surface area contributed by atoms with E-state index in [1.807, 2.05) is 6.20 Å². The van der Waals surface area contributed by atoms with Gasteiger partial charge in [0, 0.05) is 28.1 Å². The molecule has 2 heteroatoms. The predicted octanol–water partition coefficient (Wildman–Crippen LogP) is 7.17. The summed E-state index contributed by atoms with van der Waals surface area (Å²) < 4.78 is 6.49. The second kappa shape index (κ2) is 5.70. The molecule has 0 atom stereocenters. The molecule has 2 heterocycles. The Balaban J connectivity index is 1.81. The van der Waals surface area contributed by atoms with Crippen LogP contribution in [0.1, 0.15) is 57.9 Å². The zero-order valence-corrected chi connectivity index (χ0v) is 17.4. The highest BCUT2D eigenvalue weighted by Crippen LogP contribution is 2.46. The van der Waals surface area contributed by atoms with Crippen molar-refractivity contribution in [2.24, 2.45) is 0 Å². The maximum atomic E-state index is 6.49. The maximum absolute atomic E-state index is 6.49. The highest BCUT2D eigenvalue weighted by atomic mass is 16.3. The van der Waals surface area contributed by atoms with Crippen molar-refractivity contribution in [1.29, 1.82) is 0 Å². The molecule has 2 aromatic heterocycles. The van der Waals surface area contributed by atoms with Crippen molar-refractivity contribution in [3.8, 4) is 11.3 Å². The molecule has 1 aliphatic carbocycles. The number of rotatable bonds is 1. The average molecular weight is 370 g/mol. The van der Waals surface area contributed by atoms with Crippen LogP contribution in [-0.2, 0) is 17.3 Å². The lowest BCUT2D eigenvalue weighted by Gasteiger charge is -2.22. The van der Waals surface area contributed by atoms with E-state index in [0.717, 1.165) is 35.4 Å². The molecule has 0 fully saturated rings. The number of benzene rings is 2. The van der Waals surface area contributed by atoms with Crippen LogP contribution in [0.5, 0.6) is 0 Å². The largest absolute Gasteiger partial charge is 0.458 e. The summed E-state index contributed by atoms with van der Waals surface area (Å²) in [5, 5.41) is 3.80. The fourth-order valence-corrected chi connectivity index (χ4v) is 4.69. The van der Waals surface area contributed by atoms with Crippen molar-refractivity contribution in [3.05, 3.63) is 65.5 Å². The molecule has 5 rings (SSSR count). The summed E-state index contributed by atoms with van der Waals surface area (Å²) in [6, 6.07) is 15.3. The number of pyridine rings is 1. The van der Waals surface area contributed by atoms with Crippen molar-refractivity contribution in [3.63, 3.8) is 0 Å². The van der Waals surface area contributed by atoms with Gasteiger partial charge >= 0.3 is 0 Å². The first-order valence-corrected chi connectivity index (χ1v) is 10.2. The lowest BCUT2D eigenvalue weighted by molar-refractivity contribution is 0.410. The van der Waals surface area contributed by atoms with Crippen molar-refractivity contribution in [2.75, 3.05) is 0 Å². The molecule has 0 spiro atoms. The van der Waals surface area contributed by atoms with Crippen LogP contribution >= 0.6 is 0 Å². The third kappa shape index (κ3) is 2.51. The monoisotopic (exact) mass is 369 g/mol. The normalized spacial score (nSPS) is 16.0. The number of aromatic nitrogens is 1. The van der Waals surface area contributed by atoms with E-state index in [1.165, 1.54) is 27.3 Å². The van der Waals surface area contributed by atoms with Crippen molar-refractivity contribution < 1.29 is 4.42 Å². The zero-order valence-electron chi connectivity index (χ0n) is 17.4. The van der Waals surface area contributed by atoms with Gasteiger partial charge in [-0.15, -0.1) is 0 Å². The fourth-order valence-electron chi connectivity index (χ4n) is 4.69. The Hall–Kier alpha value is -2.61. The Morgan fingerprint density at radius 1 is 1.00 bits per heavy atom. The minimum Gasteiger partial charge on any atom is -0.458 e. The molecule has 0 amide bonds. The summed E-state index contributed by atoms with van der Waals surface area (Å²) >= 11 is 0. The van der Waals surface area contributed by atoms with Crippen LogP contribution in [0.2, 0.25) is 0 Å². The van der Waals surface area contributed by atoms with E-state index < -0.39 is 0 Å². The SMILES string of the molecule is CC(C)(C)c1cc(-c2nccc3c4c(oc23)C(C)(C)CC4)cc2ccccc12. The Labute approximate surface area is 166 Å². The Morgan fingerprint density at radius 3 is 2.57 bits per heavy atom. The summed E-state index contributed by atoms with van der Waals surface area (Å²) in [4.78, 5) is 4.77. The van der Waals surface area contributed by atoms with Crippen LogP contribution in [0, 0.1) is 0 Å². The van der Waals surface area contributed by atoms with Gasteiger partial charge in [-0.3, -0.25) is 4.98 Å². The van der Waals surface area contributed by atoms with Gasteiger partial charge in [0.25, 0.3) is 0 Å². The first-order valence-electron chi connectivity index (χ1n) is 10.2. The smallest absolute Gasteiger partial charge is 0.160 e. The van der Waals surface area contributed by atoms with E-state index in [9.17, 15) is 0 Å². The lowest BCUT2D eigenvalue weighted by Crippen LogP contribution is -2.12. The van der Waals surface area contributed by atoms with E-state index in [-0.39, 0.29) is 10.8 Å². The van der Waals surface area contributed by atoms with Crippen LogP contribution in [0.15, 0.2) is 53.1 Å². The standard InChI is InChI=1S/C26H27NO/c1-25(2,3)21-15-17(14-16-8-6-7-9-18(16)21)22-23-19(11-13-27-22)20-10-12-26(4,5)24(20)28-23/h6-9,11,13-15H,10,12H2,1-5H3. The molecule has 0 N–H and O–H groups in total. The molecule has 2 nitrogen and oxygen atoms in total. The average Bonchev–Trinajstić information content (AvgIpc) is 3.17. The molecule has 2 aromatic carbocycles. The molecule has 0 saturated heterocycles. The number of aryl methyl sites for hydroxylation is 1. The molecule has 4 aromatic rings. The molecular formula is C26H27NO. The van der Waals surface area contributed by atoms with Gasteiger partial charge in [0.2, 0.25) is 0 Å². The number of fused-ring (bicyclic) bond motifs is 4. The number of hydrogen-bond donors (Lipinski definition) is 0. The van der Waals surface area contributed by atoms with Gasteiger partial charge in [-0.05, 0) is 52.8 Å². The van der Waals surface area contributed by atoms with E-state index >= 15 is 0 Å². The van der Waals surface area contributed by atoms with E-state index in [4.69, 9.17) is 9.40 Å². The second-order valence-electron chi connectivity index (χ2n) is 9.82. The summed E-state index contributed by atoms with van der Waals surface area (Å²) in [6.07, 6.45) is 4.17. The van der Waals surface area contributed by atoms with E-state index in [2.05, 4.69) is 77.1 Å². The number of hydrogen-bond acceptors (Lipinski definition) is 2. The Morgan fingerprint density at radius 2 is 1.79 bits per heavy atom. The first kappa shape index (κ1) is 17.5. The van der Waals surface area contributed by atoms with Crippen molar-refractivity contribution >= 4 is 21.7 Å². The van der Waals surface area contributed by atoms with Gasteiger partial charge in [-0.25, -0.2) is 0 Å². The molecule has 0 radical (unpaired) electrons. The number of nitrogens with zero attached hydrogens (tertiary/aromatic N) is 1. The quantitative estimate of drug-likeness (QED) is 0.355. The van der Waals surface area contributed by atoms with Gasteiger partial charge in [0.15, 0.2) is 5.58 Å². The molecule has 28 heavy (non-hydrogen) atoms. The third-order valence-electron chi connectivity index (χ3n) is 6.27. The number of furan rings is 1. The summed E-state index contributed by atoms with van der Waals surface area (Å²) in [6.45, 7) is 11.4. The highest BCUT2D eigenvalue weighted by molar-refractivity contribution is 5.97. The van der Waals surface area contributed by atoms with Crippen LogP contribution in [-0.4, -0.2) is 4.98 Å². The molecule has 142 valence electrons. The van der Waals surface area contributed by atoms with Gasteiger partial charge in [-0.2, -0.15) is 0 Å². The lowest BCUT2D eigenvalue weighted by atomic mass is 9.82. The maximum Gasteiger partial charge on any atom is 0.160 e. The van der Waals surface area contributed by atoms with Gasteiger partial charge in [0.1, 0.15) is 11.5 Å². The molecule has 0 unspecified atom stereocenters. The topological polar surface area (TPSA) is 26.0 Å². The van der Waals surface area contributed by atoms with Crippen LogP contribution < -0.4 is 0 Å². The fraction of sp³-hybridized carbons (Fsp3) is 0.346. The van der Waals surface area contributed by atoms with Crippen LogP contribution in [0.4, 0.5) is 0 Å². The Bertz CT molecular complexity index is 1220. The summed E-state index contributed by atoms with van der Waals surface area (Å²) in [7, 11) is 0. The summed E-state index contributed by atoms with van der Waals surface area (Å²) in [5.41, 5.74) is 5.91. The van der Waals surface area contributed by atoms with Gasteiger partial charge in [-0.1, -0.05) is 58.9 Å². The zero-order chi connectivity index (χ0) is 19.7. The van der Waals surface area contributed by atoms with Crippen molar-refractivity contribution in [2.45, 2.75) is 58.3 Å². The predicted molar refractivity (Wildman–Crippen MR) is 117 cm³/mol.